The lowest BCUT2D eigenvalue weighted by Crippen LogP contribution is -2.44. The first-order chi connectivity index (χ1) is 10.8. The van der Waals surface area contributed by atoms with Gasteiger partial charge in [-0.2, -0.15) is 0 Å². The van der Waals surface area contributed by atoms with E-state index in [9.17, 15) is 17.6 Å². The summed E-state index contributed by atoms with van der Waals surface area (Å²) in [5.74, 6) is -0.193. The average molecular weight is 377 g/mol. The standard InChI is InChI=1S/C13H16FN3O3S3/c14-9-1-3-10(4-2-9)15-13(21)17-16-12(18)7-22-11-5-6-23(19,20)8-11/h1-4,11H,5-8H2,(H,16,18)(H2,15,17,21)/t11-/m1/s1. The smallest absolute Gasteiger partial charge is 0.248 e. The number of thiocarbonyl (C=S) groups is 1. The molecule has 0 aliphatic carbocycles. The van der Waals surface area contributed by atoms with Gasteiger partial charge in [-0.25, -0.2) is 12.8 Å². The first-order valence-electron chi connectivity index (χ1n) is 6.77. The van der Waals surface area contributed by atoms with Gasteiger partial charge in [0.25, 0.3) is 0 Å². The number of hydrogen-bond donors (Lipinski definition) is 3. The van der Waals surface area contributed by atoms with Crippen molar-refractivity contribution in [1.29, 1.82) is 0 Å². The number of rotatable bonds is 4. The van der Waals surface area contributed by atoms with Crippen LogP contribution in [0.5, 0.6) is 0 Å². The second kappa shape index (κ2) is 7.93. The first-order valence-corrected chi connectivity index (χ1v) is 10.1. The highest BCUT2D eigenvalue weighted by molar-refractivity contribution is 8.02. The maximum Gasteiger partial charge on any atom is 0.248 e. The van der Waals surface area contributed by atoms with E-state index in [2.05, 4.69) is 16.2 Å². The van der Waals surface area contributed by atoms with Crippen molar-refractivity contribution in [1.82, 2.24) is 10.9 Å². The van der Waals surface area contributed by atoms with E-state index in [4.69, 9.17) is 12.2 Å². The third kappa shape index (κ3) is 6.32. The predicted molar refractivity (Wildman–Crippen MR) is 93.4 cm³/mol. The molecule has 1 saturated heterocycles. The Kier molecular flexibility index (Phi) is 6.19. The Hall–Kier alpha value is -1.39. The van der Waals surface area contributed by atoms with Crippen molar-refractivity contribution in [2.75, 3.05) is 22.6 Å². The molecule has 3 N–H and O–H groups in total. The number of hydrazine groups is 1. The third-order valence-electron chi connectivity index (χ3n) is 3.06. The van der Waals surface area contributed by atoms with Gasteiger partial charge in [-0.1, -0.05) is 0 Å². The van der Waals surface area contributed by atoms with Crippen LogP contribution in [0.2, 0.25) is 0 Å². The van der Waals surface area contributed by atoms with E-state index in [1.54, 1.807) is 0 Å². The van der Waals surface area contributed by atoms with Crippen molar-refractivity contribution in [3.8, 4) is 0 Å². The Morgan fingerprint density at radius 1 is 1.30 bits per heavy atom. The lowest BCUT2D eigenvalue weighted by atomic mass is 10.3. The van der Waals surface area contributed by atoms with E-state index in [1.165, 1.54) is 36.0 Å². The van der Waals surface area contributed by atoms with E-state index in [-0.39, 0.29) is 39.3 Å². The number of sulfone groups is 1. The highest BCUT2D eigenvalue weighted by Gasteiger charge is 2.28. The zero-order valence-electron chi connectivity index (χ0n) is 12.0. The summed E-state index contributed by atoms with van der Waals surface area (Å²) in [5.41, 5.74) is 5.54. The molecule has 23 heavy (non-hydrogen) atoms. The van der Waals surface area contributed by atoms with Gasteiger partial charge < -0.3 is 5.32 Å². The average Bonchev–Trinajstić information content (AvgIpc) is 2.85. The van der Waals surface area contributed by atoms with Gasteiger partial charge in [0.2, 0.25) is 5.91 Å². The number of nitrogens with one attached hydrogen (secondary N) is 3. The summed E-state index contributed by atoms with van der Waals surface area (Å²) in [4.78, 5) is 11.7. The zero-order chi connectivity index (χ0) is 16.9. The predicted octanol–water partition coefficient (Wildman–Crippen LogP) is 1.06. The fourth-order valence-electron chi connectivity index (χ4n) is 1.94. The van der Waals surface area contributed by atoms with Crippen LogP contribution in [-0.2, 0) is 14.6 Å². The van der Waals surface area contributed by atoms with Crippen LogP contribution in [-0.4, -0.2) is 41.9 Å². The van der Waals surface area contributed by atoms with Crippen molar-refractivity contribution in [2.24, 2.45) is 0 Å². The molecule has 1 aromatic carbocycles. The minimum Gasteiger partial charge on any atom is -0.331 e. The van der Waals surface area contributed by atoms with E-state index in [0.717, 1.165) is 0 Å². The maximum atomic E-state index is 12.8. The molecule has 0 radical (unpaired) electrons. The summed E-state index contributed by atoms with van der Waals surface area (Å²) in [6.07, 6.45) is 0.582. The largest absolute Gasteiger partial charge is 0.331 e. The summed E-state index contributed by atoms with van der Waals surface area (Å²) in [7, 11) is -2.93. The van der Waals surface area contributed by atoms with Crippen LogP contribution in [0, 0.1) is 5.82 Å². The summed E-state index contributed by atoms with van der Waals surface area (Å²) in [6, 6.07) is 5.61. The minimum atomic E-state index is -2.93. The molecule has 0 bridgehead atoms. The highest BCUT2D eigenvalue weighted by Crippen LogP contribution is 2.23. The lowest BCUT2D eigenvalue weighted by Gasteiger charge is -2.12. The second-order valence-electron chi connectivity index (χ2n) is 4.97. The van der Waals surface area contributed by atoms with Crippen molar-refractivity contribution >= 4 is 50.5 Å². The summed E-state index contributed by atoms with van der Waals surface area (Å²) in [5, 5.41) is 2.92. The summed E-state index contributed by atoms with van der Waals surface area (Å²) in [6.45, 7) is 0. The van der Waals surface area contributed by atoms with Gasteiger partial charge in [-0.05, 0) is 42.9 Å². The number of amides is 1. The van der Waals surface area contributed by atoms with Gasteiger partial charge in [0, 0.05) is 10.9 Å². The van der Waals surface area contributed by atoms with Crippen LogP contribution < -0.4 is 16.2 Å². The molecule has 1 heterocycles. The van der Waals surface area contributed by atoms with Crippen molar-refractivity contribution in [2.45, 2.75) is 11.7 Å². The summed E-state index contributed by atoms with van der Waals surface area (Å²) >= 11 is 6.31. The fraction of sp³-hybridized carbons (Fsp3) is 0.385. The topological polar surface area (TPSA) is 87.3 Å². The molecule has 0 spiro atoms. The van der Waals surface area contributed by atoms with E-state index in [1.807, 2.05) is 0 Å². The molecular formula is C13H16FN3O3S3. The van der Waals surface area contributed by atoms with E-state index in [0.29, 0.717) is 12.1 Å². The van der Waals surface area contributed by atoms with E-state index < -0.39 is 9.84 Å². The Morgan fingerprint density at radius 3 is 2.61 bits per heavy atom. The van der Waals surface area contributed by atoms with Crippen LogP contribution >= 0.6 is 24.0 Å². The van der Waals surface area contributed by atoms with Crippen molar-refractivity contribution in [3.63, 3.8) is 0 Å². The van der Waals surface area contributed by atoms with Gasteiger partial charge in [0.05, 0.1) is 17.3 Å². The summed E-state index contributed by atoms with van der Waals surface area (Å²) < 4.78 is 35.4. The highest BCUT2D eigenvalue weighted by atomic mass is 32.2. The van der Waals surface area contributed by atoms with Gasteiger partial charge in [0.1, 0.15) is 5.82 Å². The Labute approximate surface area is 143 Å². The van der Waals surface area contributed by atoms with Crippen molar-refractivity contribution < 1.29 is 17.6 Å². The number of anilines is 1. The molecule has 6 nitrogen and oxygen atoms in total. The minimum absolute atomic E-state index is 0.0324. The van der Waals surface area contributed by atoms with Crippen LogP contribution in [0.1, 0.15) is 6.42 Å². The van der Waals surface area contributed by atoms with Crippen LogP contribution in [0.25, 0.3) is 0 Å². The van der Waals surface area contributed by atoms with Crippen LogP contribution in [0.15, 0.2) is 24.3 Å². The number of carbonyl (C=O) groups excluding carboxylic acids is 1. The molecule has 1 amide bonds. The molecule has 0 saturated carbocycles. The molecule has 126 valence electrons. The molecule has 10 heteroatoms. The van der Waals surface area contributed by atoms with Gasteiger partial charge in [-0.3, -0.25) is 15.6 Å². The number of hydrogen-bond acceptors (Lipinski definition) is 5. The normalized spacial score (nSPS) is 19.1. The van der Waals surface area contributed by atoms with Crippen LogP contribution in [0.3, 0.4) is 0 Å². The molecule has 0 aromatic heterocycles. The number of benzene rings is 1. The molecule has 1 aliphatic rings. The Bertz CT molecular complexity index is 679. The van der Waals surface area contributed by atoms with E-state index >= 15 is 0 Å². The molecule has 2 rings (SSSR count). The molecular weight excluding hydrogens is 361 g/mol. The Morgan fingerprint density at radius 2 is 2.00 bits per heavy atom. The van der Waals surface area contributed by atoms with Gasteiger partial charge in [-0.15, -0.1) is 11.8 Å². The lowest BCUT2D eigenvalue weighted by molar-refractivity contribution is -0.119. The van der Waals surface area contributed by atoms with Crippen LogP contribution in [0.4, 0.5) is 10.1 Å². The zero-order valence-corrected chi connectivity index (χ0v) is 14.5. The number of thioether (sulfide) groups is 1. The molecule has 0 unspecified atom stereocenters. The Balaban J connectivity index is 1.66. The SMILES string of the molecule is O=C(CS[C@@H]1CCS(=O)(=O)C1)NNC(=S)Nc1ccc(F)cc1. The molecule has 1 aliphatic heterocycles. The second-order valence-corrected chi connectivity index (χ2v) is 8.90. The number of halogens is 1. The molecule has 1 fully saturated rings. The molecule has 1 atom stereocenters. The van der Waals surface area contributed by atoms with Gasteiger partial charge >= 0.3 is 0 Å². The first kappa shape index (κ1) is 18.0. The monoisotopic (exact) mass is 377 g/mol. The quantitative estimate of drug-likeness (QED) is 0.534. The fourth-order valence-corrected chi connectivity index (χ4v) is 5.56. The third-order valence-corrected chi connectivity index (χ3v) is 6.54. The maximum absolute atomic E-state index is 12.8. The molecule has 1 aromatic rings. The number of carbonyl (C=O) groups is 1. The van der Waals surface area contributed by atoms with Crippen molar-refractivity contribution in [3.05, 3.63) is 30.1 Å². The van der Waals surface area contributed by atoms with Gasteiger partial charge in [0.15, 0.2) is 14.9 Å².